The second-order valence-corrected chi connectivity index (χ2v) is 3.97. The largest absolute Gasteiger partial charge is 0.379 e. The molecule has 0 bridgehead atoms. The molecule has 0 atom stereocenters. The molecule has 0 aromatic rings. The van der Waals surface area contributed by atoms with Crippen molar-refractivity contribution in [2.24, 2.45) is 0 Å². The van der Waals surface area contributed by atoms with E-state index >= 15 is 0 Å². The monoisotopic (exact) mass is 225 g/mol. The molecule has 7 heteroatoms. The normalized spacial score (nSPS) is 16.7. The fraction of sp³-hybridized carbons (Fsp3) is 0.857. The van der Waals surface area contributed by atoms with E-state index in [1.54, 1.807) is 0 Å². The lowest BCUT2D eigenvalue weighted by Gasteiger charge is -2.10. The molecule has 0 aromatic heterocycles. The zero-order chi connectivity index (χ0) is 11.0. The Morgan fingerprint density at radius 3 is 2.00 bits per heavy atom. The molecule has 1 rings (SSSR count). The quantitative estimate of drug-likeness (QED) is 0.580. The molecule has 84 valence electrons. The lowest BCUT2D eigenvalue weighted by Crippen LogP contribution is -2.30. The highest BCUT2D eigenvalue weighted by atomic mass is 32.2. The summed E-state index contributed by atoms with van der Waals surface area (Å²) < 4.78 is 32.5. The average molecular weight is 225 g/mol. The SMILES string of the molecule is C1COCCN1.CCC(=O)S(=O)(=O)O. The van der Waals surface area contributed by atoms with Crippen LogP contribution < -0.4 is 5.32 Å². The Kier molecular flexibility index (Phi) is 6.64. The van der Waals surface area contributed by atoms with E-state index in [4.69, 9.17) is 9.29 Å². The van der Waals surface area contributed by atoms with Crippen molar-refractivity contribution in [1.29, 1.82) is 0 Å². The van der Waals surface area contributed by atoms with Crippen LogP contribution in [-0.4, -0.2) is 44.4 Å². The first-order valence-corrected chi connectivity index (χ1v) is 5.71. The van der Waals surface area contributed by atoms with Crippen LogP contribution in [0.4, 0.5) is 0 Å². The van der Waals surface area contributed by atoms with Crippen molar-refractivity contribution in [3.05, 3.63) is 0 Å². The predicted molar refractivity (Wildman–Crippen MR) is 50.5 cm³/mol. The highest BCUT2D eigenvalue weighted by Crippen LogP contribution is 1.88. The van der Waals surface area contributed by atoms with Crippen LogP contribution in [0.25, 0.3) is 0 Å². The van der Waals surface area contributed by atoms with E-state index in [0.29, 0.717) is 0 Å². The van der Waals surface area contributed by atoms with Gasteiger partial charge in [-0.15, -0.1) is 0 Å². The number of rotatable bonds is 1. The van der Waals surface area contributed by atoms with E-state index in [1.165, 1.54) is 6.92 Å². The lowest BCUT2D eigenvalue weighted by atomic mass is 10.5. The third kappa shape index (κ3) is 6.96. The molecule has 14 heavy (non-hydrogen) atoms. The minimum atomic E-state index is -4.39. The Morgan fingerprint density at radius 2 is 1.93 bits per heavy atom. The molecular formula is C7H15NO5S. The van der Waals surface area contributed by atoms with E-state index in [1.807, 2.05) is 0 Å². The zero-order valence-electron chi connectivity index (χ0n) is 8.02. The van der Waals surface area contributed by atoms with Crippen LogP contribution in [0.15, 0.2) is 0 Å². The molecule has 2 N–H and O–H groups in total. The molecule has 0 aliphatic carbocycles. The third-order valence-corrected chi connectivity index (χ3v) is 2.29. The summed E-state index contributed by atoms with van der Waals surface area (Å²) in [5.41, 5.74) is 0. The van der Waals surface area contributed by atoms with Crippen LogP contribution in [0.1, 0.15) is 13.3 Å². The van der Waals surface area contributed by atoms with Gasteiger partial charge < -0.3 is 10.1 Å². The molecular weight excluding hydrogens is 210 g/mol. The highest BCUT2D eigenvalue weighted by molar-refractivity contribution is 8.01. The summed E-state index contributed by atoms with van der Waals surface area (Å²) in [4.78, 5) is 10.00. The Labute approximate surface area is 83.4 Å². The van der Waals surface area contributed by atoms with Gasteiger partial charge in [-0.3, -0.25) is 9.35 Å². The van der Waals surface area contributed by atoms with Gasteiger partial charge in [0.05, 0.1) is 13.2 Å². The van der Waals surface area contributed by atoms with E-state index in [0.717, 1.165) is 26.3 Å². The van der Waals surface area contributed by atoms with Gasteiger partial charge in [-0.1, -0.05) is 6.92 Å². The van der Waals surface area contributed by atoms with Gasteiger partial charge in [0.1, 0.15) is 0 Å². The number of carbonyl (C=O) groups excluding carboxylic acids is 1. The fourth-order valence-electron chi connectivity index (χ4n) is 0.698. The Morgan fingerprint density at radius 1 is 1.43 bits per heavy atom. The molecule has 0 aromatic carbocycles. The van der Waals surface area contributed by atoms with Gasteiger partial charge in [0.2, 0.25) is 0 Å². The van der Waals surface area contributed by atoms with Gasteiger partial charge in [-0.2, -0.15) is 8.42 Å². The molecule has 0 saturated carbocycles. The second kappa shape index (κ2) is 6.88. The summed E-state index contributed by atoms with van der Waals surface area (Å²) >= 11 is 0. The van der Waals surface area contributed by atoms with Gasteiger partial charge >= 0.3 is 10.1 Å². The highest BCUT2D eigenvalue weighted by Gasteiger charge is 2.13. The molecule has 1 saturated heterocycles. The maximum atomic E-state index is 10.00. The Hall–Kier alpha value is -0.500. The van der Waals surface area contributed by atoms with Gasteiger partial charge in [-0.05, 0) is 0 Å². The first-order valence-electron chi connectivity index (χ1n) is 4.27. The van der Waals surface area contributed by atoms with Crippen LogP contribution in [0.2, 0.25) is 0 Å². The van der Waals surface area contributed by atoms with Crippen LogP contribution in [0, 0.1) is 0 Å². The van der Waals surface area contributed by atoms with Crippen LogP contribution in [0.5, 0.6) is 0 Å². The molecule has 1 aliphatic rings. The molecule has 0 radical (unpaired) electrons. The maximum Gasteiger partial charge on any atom is 0.328 e. The van der Waals surface area contributed by atoms with E-state index in [9.17, 15) is 13.2 Å². The lowest BCUT2D eigenvalue weighted by molar-refractivity contribution is -0.112. The van der Waals surface area contributed by atoms with Crippen molar-refractivity contribution in [3.8, 4) is 0 Å². The molecule has 1 fully saturated rings. The molecule has 1 heterocycles. The Bertz CT molecular complexity index is 246. The van der Waals surface area contributed by atoms with Crippen LogP contribution in [0.3, 0.4) is 0 Å². The van der Waals surface area contributed by atoms with Crippen molar-refractivity contribution in [3.63, 3.8) is 0 Å². The molecule has 0 spiro atoms. The minimum Gasteiger partial charge on any atom is -0.379 e. The first kappa shape index (κ1) is 13.5. The average Bonchev–Trinajstić information content (AvgIpc) is 2.19. The summed E-state index contributed by atoms with van der Waals surface area (Å²) in [5.74, 6) is 0. The fourth-order valence-corrected chi connectivity index (χ4v) is 1.06. The van der Waals surface area contributed by atoms with E-state index in [-0.39, 0.29) is 6.42 Å². The zero-order valence-corrected chi connectivity index (χ0v) is 8.84. The van der Waals surface area contributed by atoms with Crippen LogP contribution >= 0.6 is 0 Å². The predicted octanol–water partition coefficient (Wildman–Crippen LogP) is -0.583. The summed E-state index contributed by atoms with van der Waals surface area (Å²) in [6.45, 7) is 5.19. The third-order valence-electron chi connectivity index (χ3n) is 1.42. The molecule has 1 aliphatic heterocycles. The van der Waals surface area contributed by atoms with Crippen LogP contribution in [-0.2, 0) is 19.6 Å². The number of hydrogen-bond donors (Lipinski definition) is 2. The van der Waals surface area contributed by atoms with E-state index in [2.05, 4.69) is 5.32 Å². The topological polar surface area (TPSA) is 92.7 Å². The number of morpholine rings is 1. The second-order valence-electron chi connectivity index (χ2n) is 2.56. The number of nitrogens with one attached hydrogen (secondary N) is 1. The number of carbonyl (C=O) groups is 1. The van der Waals surface area contributed by atoms with Crippen molar-refractivity contribution in [2.75, 3.05) is 26.3 Å². The Balaban J connectivity index is 0.000000249. The molecule has 0 amide bonds. The van der Waals surface area contributed by atoms with Gasteiger partial charge in [-0.25, -0.2) is 0 Å². The van der Waals surface area contributed by atoms with Crippen molar-refractivity contribution >= 4 is 15.2 Å². The smallest absolute Gasteiger partial charge is 0.328 e. The standard InChI is InChI=1S/C4H9NO.C3H6O4S/c1-3-6-4-2-5-1;1-2-3(4)8(5,6)7/h5H,1-4H2;2H2,1H3,(H,5,6,7). The van der Waals surface area contributed by atoms with Crippen molar-refractivity contribution in [1.82, 2.24) is 5.32 Å². The van der Waals surface area contributed by atoms with Crippen molar-refractivity contribution in [2.45, 2.75) is 13.3 Å². The molecule has 6 nitrogen and oxygen atoms in total. The summed E-state index contributed by atoms with van der Waals surface area (Å²) in [6.07, 6.45) is -0.182. The van der Waals surface area contributed by atoms with Gasteiger partial charge in [0.15, 0.2) is 0 Å². The first-order chi connectivity index (χ1) is 6.48. The van der Waals surface area contributed by atoms with E-state index < -0.39 is 15.2 Å². The number of ether oxygens (including phenoxy) is 1. The molecule has 0 unspecified atom stereocenters. The summed E-state index contributed by atoms with van der Waals surface area (Å²) in [7, 11) is -4.39. The number of hydrogen-bond acceptors (Lipinski definition) is 5. The van der Waals surface area contributed by atoms with Gasteiger partial charge in [0, 0.05) is 19.5 Å². The minimum absolute atomic E-state index is 0.182. The van der Waals surface area contributed by atoms with Gasteiger partial charge in [0.25, 0.3) is 5.12 Å². The maximum absolute atomic E-state index is 10.00. The van der Waals surface area contributed by atoms with Crippen molar-refractivity contribution < 1.29 is 22.5 Å². The summed E-state index contributed by atoms with van der Waals surface area (Å²) in [5, 5.41) is 2.02. The summed E-state index contributed by atoms with van der Waals surface area (Å²) in [6, 6.07) is 0.